The maximum atomic E-state index is 11.6. The summed E-state index contributed by atoms with van der Waals surface area (Å²) >= 11 is 0. The number of aromatic carboxylic acids is 1. The molecule has 1 aliphatic rings. The first-order valence-electron chi connectivity index (χ1n) is 4.90. The summed E-state index contributed by atoms with van der Waals surface area (Å²) in [6.45, 7) is 0.858. The second-order valence-electron chi connectivity index (χ2n) is 3.75. The topological polar surface area (TPSA) is 112 Å². The molecule has 0 radical (unpaired) electrons. The summed E-state index contributed by atoms with van der Waals surface area (Å²) in [5.41, 5.74) is 5.49. The van der Waals surface area contributed by atoms with Crippen molar-refractivity contribution >= 4 is 17.7 Å². The summed E-state index contributed by atoms with van der Waals surface area (Å²) in [6, 6.07) is 0. The molecule has 1 atom stereocenters. The van der Waals surface area contributed by atoms with Gasteiger partial charge in [-0.05, 0) is 12.5 Å². The number of carbonyl (C=O) groups is 2. The van der Waals surface area contributed by atoms with Gasteiger partial charge in [-0.15, -0.1) is 0 Å². The van der Waals surface area contributed by atoms with E-state index in [0.29, 0.717) is 19.5 Å². The van der Waals surface area contributed by atoms with Crippen LogP contribution >= 0.6 is 0 Å². The predicted octanol–water partition coefficient (Wildman–Crippen LogP) is -0.581. The molecule has 1 saturated heterocycles. The Hall–Kier alpha value is -1.89. The minimum absolute atomic E-state index is 0.00558. The van der Waals surface area contributed by atoms with Crippen LogP contribution in [0, 0.1) is 5.92 Å². The summed E-state index contributed by atoms with van der Waals surface area (Å²) in [7, 11) is 0. The molecule has 16 heavy (non-hydrogen) atoms. The second-order valence-corrected chi connectivity index (χ2v) is 3.75. The van der Waals surface area contributed by atoms with E-state index in [-0.39, 0.29) is 23.2 Å². The van der Waals surface area contributed by atoms with Crippen molar-refractivity contribution in [3.63, 3.8) is 0 Å². The van der Waals surface area contributed by atoms with Crippen LogP contribution in [0.2, 0.25) is 0 Å². The van der Waals surface area contributed by atoms with Gasteiger partial charge in [-0.2, -0.15) is 5.10 Å². The van der Waals surface area contributed by atoms with Crippen molar-refractivity contribution in [1.29, 1.82) is 0 Å². The first-order valence-corrected chi connectivity index (χ1v) is 4.90. The highest BCUT2D eigenvalue weighted by Crippen LogP contribution is 2.25. The molecule has 2 rings (SSSR count). The van der Waals surface area contributed by atoms with E-state index < -0.39 is 5.97 Å². The van der Waals surface area contributed by atoms with E-state index in [9.17, 15) is 9.59 Å². The second kappa shape index (κ2) is 3.93. The van der Waals surface area contributed by atoms with Crippen LogP contribution in [0.25, 0.3) is 0 Å². The average molecular weight is 224 g/mol. The number of H-pyrrole nitrogens is 1. The van der Waals surface area contributed by atoms with Gasteiger partial charge in [0.25, 0.3) is 0 Å². The number of carbonyl (C=O) groups excluding carboxylic acids is 1. The minimum Gasteiger partial charge on any atom is -0.477 e. The molecule has 0 aliphatic carbocycles. The molecular formula is C9H12N4O3. The molecule has 1 amide bonds. The summed E-state index contributed by atoms with van der Waals surface area (Å²) in [5, 5.41) is 15.1. The van der Waals surface area contributed by atoms with E-state index in [4.69, 9.17) is 10.8 Å². The lowest BCUT2D eigenvalue weighted by Gasteiger charge is -2.14. The Kier molecular flexibility index (Phi) is 2.61. The van der Waals surface area contributed by atoms with Crippen molar-refractivity contribution in [1.82, 2.24) is 10.2 Å². The molecule has 0 bridgehead atoms. The number of nitrogens with zero attached hydrogens (tertiary/aromatic N) is 2. The number of aromatic nitrogens is 2. The Morgan fingerprint density at radius 3 is 3.06 bits per heavy atom. The number of nitrogens with two attached hydrogens (primary N) is 1. The number of hydrogen-bond acceptors (Lipinski definition) is 4. The fourth-order valence-corrected chi connectivity index (χ4v) is 1.80. The van der Waals surface area contributed by atoms with Crippen LogP contribution in [0.4, 0.5) is 5.82 Å². The molecule has 1 aliphatic heterocycles. The fraction of sp³-hybridized carbons (Fsp3) is 0.444. The lowest BCUT2D eigenvalue weighted by atomic mass is 10.1. The van der Waals surface area contributed by atoms with Gasteiger partial charge in [-0.1, -0.05) is 0 Å². The highest BCUT2D eigenvalue weighted by molar-refractivity contribution is 6.01. The van der Waals surface area contributed by atoms with Crippen molar-refractivity contribution in [3.8, 4) is 0 Å². The zero-order chi connectivity index (χ0) is 11.7. The SMILES string of the molecule is NCC1CC(=O)N(c2[nH]ncc2C(=O)O)C1. The number of amides is 1. The van der Waals surface area contributed by atoms with E-state index in [1.165, 1.54) is 11.1 Å². The number of carboxylic acids is 1. The number of aromatic amines is 1. The van der Waals surface area contributed by atoms with E-state index in [2.05, 4.69) is 10.2 Å². The highest BCUT2D eigenvalue weighted by Gasteiger charge is 2.33. The number of nitrogens with one attached hydrogen (secondary N) is 1. The summed E-state index contributed by atoms with van der Waals surface area (Å²) in [5.74, 6) is -0.902. The molecule has 0 saturated carbocycles. The largest absolute Gasteiger partial charge is 0.477 e. The third kappa shape index (κ3) is 1.65. The number of carboxylic acid groups (broad SMARTS) is 1. The van der Waals surface area contributed by atoms with E-state index in [1.54, 1.807) is 0 Å². The monoisotopic (exact) mass is 224 g/mol. The van der Waals surface area contributed by atoms with Gasteiger partial charge >= 0.3 is 5.97 Å². The molecule has 4 N–H and O–H groups in total. The van der Waals surface area contributed by atoms with Crippen molar-refractivity contribution in [2.24, 2.45) is 11.7 Å². The number of anilines is 1. The van der Waals surface area contributed by atoms with Gasteiger partial charge in [0.2, 0.25) is 5.91 Å². The maximum Gasteiger partial charge on any atom is 0.341 e. The van der Waals surface area contributed by atoms with E-state index >= 15 is 0 Å². The van der Waals surface area contributed by atoms with Crippen LogP contribution < -0.4 is 10.6 Å². The Morgan fingerprint density at radius 2 is 2.50 bits per heavy atom. The Bertz CT molecular complexity index is 428. The Labute approximate surface area is 91.2 Å². The first kappa shape index (κ1) is 10.6. The summed E-state index contributed by atoms with van der Waals surface area (Å²) < 4.78 is 0. The van der Waals surface area contributed by atoms with Crippen molar-refractivity contribution in [2.75, 3.05) is 18.0 Å². The lowest BCUT2D eigenvalue weighted by molar-refractivity contribution is -0.117. The molecule has 0 aromatic carbocycles. The van der Waals surface area contributed by atoms with Gasteiger partial charge in [0.1, 0.15) is 11.4 Å². The van der Waals surface area contributed by atoms with Crippen LogP contribution in [0.1, 0.15) is 16.8 Å². The Morgan fingerprint density at radius 1 is 1.75 bits per heavy atom. The first-order chi connectivity index (χ1) is 7.63. The zero-order valence-electron chi connectivity index (χ0n) is 8.51. The molecule has 1 unspecified atom stereocenters. The van der Waals surface area contributed by atoms with Crippen LogP contribution in [0.5, 0.6) is 0 Å². The van der Waals surface area contributed by atoms with E-state index in [1.807, 2.05) is 0 Å². The molecule has 2 heterocycles. The summed E-state index contributed by atoms with van der Waals surface area (Å²) in [4.78, 5) is 23.9. The normalized spacial score (nSPS) is 20.4. The summed E-state index contributed by atoms with van der Waals surface area (Å²) in [6.07, 6.45) is 1.55. The molecule has 86 valence electrons. The molecule has 1 aromatic rings. The van der Waals surface area contributed by atoms with E-state index in [0.717, 1.165) is 0 Å². The highest BCUT2D eigenvalue weighted by atomic mass is 16.4. The fourth-order valence-electron chi connectivity index (χ4n) is 1.80. The van der Waals surface area contributed by atoms with Crippen molar-refractivity contribution in [2.45, 2.75) is 6.42 Å². The predicted molar refractivity (Wildman–Crippen MR) is 55.1 cm³/mol. The molecule has 7 heteroatoms. The standard InChI is InChI=1S/C9H12N4O3/c10-2-5-1-7(14)13(4-5)8-6(9(15)16)3-11-12-8/h3,5H,1-2,4,10H2,(H,11,12)(H,15,16). The average Bonchev–Trinajstić information content (AvgIpc) is 2.82. The third-order valence-electron chi connectivity index (χ3n) is 2.66. The molecule has 1 aromatic heterocycles. The Balaban J connectivity index is 2.28. The quantitative estimate of drug-likeness (QED) is 0.635. The van der Waals surface area contributed by atoms with Gasteiger partial charge < -0.3 is 10.8 Å². The van der Waals surface area contributed by atoms with Gasteiger partial charge in [0.05, 0.1) is 6.20 Å². The van der Waals surface area contributed by atoms with Crippen LogP contribution in [-0.4, -0.2) is 40.3 Å². The smallest absolute Gasteiger partial charge is 0.341 e. The zero-order valence-corrected chi connectivity index (χ0v) is 8.51. The van der Waals surface area contributed by atoms with Crippen LogP contribution in [0.15, 0.2) is 6.20 Å². The number of rotatable bonds is 3. The van der Waals surface area contributed by atoms with Gasteiger partial charge in [-0.3, -0.25) is 14.8 Å². The van der Waals surface area contributed by atoms with Crippen molar-refractivity contribution < 1.29 is 14.7 Å². The third-order valence-corrected chi connectivity index (χ3v) is 2.66. The molecule has 7 nitrogen and oxygen atoms in total. The van der Waals surface area contributed by atoms with Gasteiger partial charge in [0, 0.05) is 13.0 Å². The van der Waals surface area contributed by atoms with Crippen LogP contribution in [0.3, 0.4) is 0 Å². The lowest BCUT2D eigenvalue weighted by Crippen LogP contribution is -2.27. The number of hydrogen-bond donors (Lipinski definition) is 3. The van der Waals surface area contributed by atoms with Gasteiger partial charge in [0.15, 0.2) is 0 Å². The van der Waals surface area contributed by atoms with Crippen LogP contribution in [-0.2, 0) is 4.79 Å². The van der Waals surface area contributed by atoms with Crippen molar-refractivity contribution in [3.05, 3.63) is 11.8 Å². The van der Waals surface area contributed by atoms with Gasteiger partial charge in [-0.25, -0.2) is 4.79 Å². The molecule has 0 spiro atoms. The maximum absolute atomic E-state index is 11.6. The molecular weight excluding hydrogens is 212 g/mol. The minimum atomic E-state index is -1.10. The molecule has 1 fully saturated rings.